The quantitative estimate of drug-likeness (QED) is 0.847. The van der Waals surface area contributed by atoms with Crippen molar-refractivity contribution >= 4 is 27.6 Å². The number of anilines is 1. The van der Waals surface area contributed by atoms with Gasteiger partial charge < -0.3 is 15.1 Å². The number of hydrogen-bond acceptors (Lipinski definition) is 3. The molecule has 0 bridgehead atoms. The summed E-state index contributed by atoms with van der Waals surface area (Å²) in [5.41, 5.74) is 0.748. The number of carbonyl (C=O) groups excluding carboxylic acids is 1. The summed E-state index contributed by atoms with van der Waals surface area (Å²) in [5.74, 6) is -0.421. The van der Waals surface area contributed by atoms with Crippen LogP contribution in [0.15, 0.2) is 16.6 Å². The topological polar surface area (TPSA) is 59.4 Å². The van der Waals surface area contributed by atoms with Gasteiger partial charge in [0.2, 0.25) is 0 Å². The van der Waals surface area contributed by atoms with Crippen LogP contribution in [0.2, 0.25) is 0 Å². The molecule has 3 rings (SSSR count). The Morgan fingerprint density at radius 2 is 2.25 bits per heavy atom. The first-order chi connectivity index (χ1) is 9.61. The number of nitrogens with zero attached hydrogens (tertiary/aromatic N) is 3. The van der Waals surface area contributed by atoms with E-state index in [-0.39, 0.29) is 22.1 Å². The number of halogens is 2. The van der Waals surface area contributed by atoms with Gasteiger partial charge in [0.05, 0.1) is 21.8 Å². The van der Waals surface area contributed by atoms with Crippen LogP contribution in [0.1, 0.15) is 5.56 Å². The van der Waals surface area contributed by atoms with Crippen molar-refractivity contribution < 1.29 is 9.18 Å². The van der Waals surface area contributed by atoms with E-state index >= 15 is 0 Å². The molecule has 2 heterocycles. The lowest BCUT2D eigenvalue weighted by molar-refractivity contribution is 0.197. The number of fused-ring (bicyclic) bond motifs is 1. The van der Waals surface area contributed by atoms with Crippen molar-refractivity contribution in [3.8, 4) is 6.07 Å². The Balaban J connectivity index is 1.86. The molecule has 0 spiro atoms. The van der Waals surface area contributed by atoms with Crippen LogP contribution >= 0.6 is 15.9 Å². The number of nitrogens with one attached hydrogen (secondary N) is 1. The lowest BCUT2D eigenvalue weighted by atomic mass is 10.1. The van der Waals surface area contributed by atoms with Gasteiger partial charge in [0.1, 0.15) is 6.07 Å². The molecule has 5 nitrogen and oxygen atoms in total. The van der Waals surface area contributed by atoms with Gasteiger partial charge in [-0.05, 0) is 28.1 Å². The molecule has 2 amide bonds. The lowest BCUT2D eigenvalue weighted by Crippen LogP contribution is -2.52. The molecule has 2 saturated heterocycles. The molecule has 2 fully saturated rings. The standard InChI is InChI=1S/C13H12BrFN4O/c14-11-8(5-16)1-2-10(12(11)15)18-3-4-19-9(7-18)6-17-13(19)20/h1-2,9H,3-4,6-7H2,(H,17,20). The van der Waals surface area contributed by atoms with Crippen LogP contribution in [-0.2, 0) is 0 Å². The summed E-state index contributed by atoms with van der Waals surface area (Å²) in [7, 11) is 0. The van der Waals surface area contributed by atoms with Gasteiger partial charge in [0.15, 0.2) is 5.82 Å². The molecule has 1 N–H and O–H groups in total. The average molecular weight is 339 g/mol. The van der Waals surface area contributed by atoms with Crippen molar-refractivity contribution in [2.45, 2.75) is 6.04 Å². The van der Waals surface area contributed by atoms with Gasteiger partial charge in [-0.3, -0.25) is 0 Å². The van der Waals surface area contributed by atoms with Crippen molar-refractivity contribution in [1.29, 1.82) is 5.26 Å². The predicted octanol–water partition coefficient (Wildman–Crippen LogP) is 1.67. The fourth-order valence-corrected chi connectivity index (χ4v) is 3.12. The molecular formula is C13H12BrFN4O. The molecule has 1 atom stereocenters. The minimum Gasteiger partial charge on any atom is -0.365 e. The Labute approximate surface area is 124 Å². The van der Waals surface area contributed by atoms with E-state index in [2.05, 4.69) is 21.2 Å². The maximum Gasteiger partial charge on any atom is 0.317 e. The van der Waals surface area contributed by atoms with Gasteiger partial charge in [-0.2, -0.15) is 5.26 Å². The molecular weight excluding hydrogens is 327 g/mol. The van der Waals surface area contributed by atoms with E-state index in [0.29, 0.717) is 31.9 Å². The Hall–Kier alpha value is -1.81. The highest BCUT2D eigenvalue weighted by Crippen LogP contribution is 2.30. The maximum atomic E-state index is 14.3. The van der Waals surface area contributed by atoms with E-state index in [0.717, 1.165) is 0 Å². The molecule has 2 aliphatic heterocycles. The van der Waals surface area contributed by atoms with Gasteiger partial charge in [0.25, 0.3) is 0 Å². The maximum absolute atomic E-state index is 14.3. The average Bonchev–Trinajstić information content (AvgIpc) is 2.83. The largest absolute Gasteiger partial charge is 0.365 e. The number of piperazine rings is 1. The summed E-state index contributed by atoms with van der Waals surface area (Å²) >= 11 is 3.12. The first-order valence-corrected chi connectivity index (χ1v) is 7.08. The predicted molar refractivity (Wildman–Crippen MR) is 74.9 cm³/mol. The Morgan fingerprint density at radius 1 is 1.45 bits per heavy atom. The Kier molecular flexibility index (Phi) is 3.26. The summed E-state index contributed by atoms with van der Waals surface area (Å²) in [5, 5.41) is 11.7. The minimum atomic E-state index is -0.421. The number of carbonyl (C=O) groups is 1. The SMILES string of the molecule is N#Cc1ccc(N2CCN3C(=O)NCC3C2)c(F)c1Br. The molecule has 0 radical (unpaired) electrons. The number of urea groups is 1. The molecule has 1 unspecified atom stereocenters. The van der Waals surface area contributed by atoms with E-state index in [4.69, 9.17) is 5.26 Å². The molecule has 0 aromatic heterocycles. The smallest absolute Gasteiger partial charge is 0.317 e. The normalized spacial score (nSPS) is 21.4. The third-order valence-electron chi connectivity index (χ3n) is 3.76. The summed E-state index contributed by atoms with van der Waals surface area (Å²) < 4.78 is 14.5. The number of nitriles is 1. The van der Waals surface area contributed by atoms with Crippen LogP contribution in [-0.4, -0.2) is 43.2 Å². The van der Waals surface area contributed by atoms with Crippen LogP contribution in [0.3, 0.4) is 0 Å². The highest BCUT2D eigenvalue weighted by molar-refractivity contribution is 9.10. The van der Waals surface area contributed by atoms with E-state index < -0.39 is 5.82 Å². The Bertz CT molecular complexity index is 615. The second-order valence-electron chi connectivity index (χ2n) is 4.85. The number of rotatable bonds is 1. The highest BCUT2D eigenvalue weighted by Gasteiger charge is 2.36. The van der Waals surface area contributed by atoms with Gasteiger partial charge >= 0.3 is 6.03 Å². The molecule has 20 heavy (non-hydrogen) atoms. The van der Waals surface area contributed by atoms with Crippen molar-refractivity contribution in [2.24, 2.45) is 0 Å². The van der Waals surface area contributed by atoms with Crippen LogP contribution in [0.4, 0.5) is 14.9 Å². The monoisotopic (exact) mass is 338 g/mol. The number of hydrogen-bond donors (Lipinski definition) is 1. The van der Waals surface area contributed by atoms with Gasteiger partial charge in [0, 0.05) is 26.2 Å². The van der Waals surface area contributed by atoms with Crippen molar-refractivity contribution in [2.75, 3.05) is 31.1 Å². The van der Waals surface area contributed by atoms with Gasteiger partial charge in [-0.15, -0.1) is 0 Å². The van der Waals surface area contributed by atoms with E-state index in [1.54, 1.807) is 17.0 Å². The van der Waals surface area contributed by atoms with Crippen LogP contribution in [0.25, 0.3) is 0 Å². The summed E-state index contributed by atoms with van der Waals surface area (Å²) in [6.45, 7) is 2.34. The summed E-state index contributed by atoms with van der Waals surface area (Å²) in [6.07, 6.45) is 0. The number of benzene rings is 1. The van der Waals surface area contributed by atoms with Crippen LogP contribution in [0, 0.1) is 17.1 Å². The molecule has 104 valence electrons. The van der Waals surface area contributed by atoms with Gasteiger partial charge in [-0.25, -0.2) is 9.18 Å². The molecule has 7 heteroatoms. The Morgan fingerprint density at radius 3 is 3.00 bits per heavy atom. The third-order valence-corrected chi connectivity index (χ3v) is 4.53. The first-order valence-electron chi connectivity index (χ1n) is 6.29. The molecule has 0 aliphatic carbocycles. The summed E-state index contributed by atoms with van der Waals surface area (Å²) in [4.78, 5) is 15.2. The van der Waals surface area contributed by atoms with E-state index in [1.807, 2.05) is 11.0 Å². The van der Waals surface area contributed by atoms with Crippen molar-refractivity contribution in [3.05, 3.63) is 28.0 Å². The first kappa shape index (κ1) is 13.2. The molecule has 1 aromatic rings. The van der Waals surface area contributed by atoms with Crippen LogP contribution in [0.5, 0.6) is 0 Å². The highest BCUT2D eigenvalue weighted by atomic mass is 79.9. The zero-order chi connectivity index (χ0) is 14.3. The summed E-state index contributed by atoms with van der Waals surface area (Å²) in [6, 6.07) is 5.20. The zero-order valence-corrected chi connectivity index (χ0v) is 12.2. The second-order valence-corrected chi connectivity index (χ2v) is 5.64. The minimum absolute atomic E-state index is 0.0452. The molecule has 1 aromatic carbocycles. The van der Waals surface area contributed by atoms with E-state index in [1.165, 1.54) is 0 Å². The van der Waals surface area contributed by atoms with E-state index in [9.17, 15) is 9.18 Å². The fraction of sp³-hybridized carbons (Fsp3) is 0.385. The number of amides is 2. The van der Waals surface area contributed by atoms with Crippen LogP contribution < -0.4 is 10.2 Å². The fourth-order valence-electron chi connectivity index (χ4n) is 2.69. The van der Waals surface area contributed by atoms with Crippen molar-refractivity contribution in [3.63, 3.8) is 0 Å². The lowest BCUT2D eigenvalue weighted by Gasteiger charge is -2.38. The van der Waals surface area contributed by atoms with Gasteiger partial charge in [-0.1, -0.05) is 0 Å². The molecule has 0 saturated carbocycles. The van der Waals surface area contributed by atoms with Crippen molar-refractivity contribution in [1.82, 2.24) is 10.2 Å². The third kappa shape index (κ3) is 2.00. The molecule has 2 aliphatic rings. The zero-order valence-electron chi connectivity index (χ0n) is 10.6. The second kappa shape index (κ2) is 4.94.